The summed E-state index contributed by atoms with van der Waals surface area (Å²) in [5, 5.41) is 13.3. The van der Waals surface area contributed by atoms with E-state index in [-0.39, 0.29) is 41.2 Å². The molecular formula is C36H40F2N10O4. The van der Waals surface area contributed by atoms with E-state index in [2.05, 4.69) is 36.8 Å². The monoisotopic (exact) mass is 714 g/mol. The molecule has 14 nitrogen and oxygen atoms in total. The van der Waals surface area contributed by atoms with Crippen LogP contribution in [-0.2, 0) is 16.6 Å². The summed E-state index contributed by atoms with van der Waals surface area (Å²) < 4.78 is 34.3. The number of imide groups is 1. The Morgan fingerprint density at radius 3 is 2.58 bits per heavy atom. The van der Waals surface area contributed by atoms with Crippen molar-refractivity contribution in [2.45, 2.75) is 75.8 Å². The smallest absolute Gasteiger partial charge is 0.319 e. The lowest BCUT2D eigenvalue weighted by Crippen LogP contribution is -2.44. The molecule has 0 radical (unpaired) electrons. The fourth-order valence-corrected chi connectivity index (χ4v) is 8.44. The van der Waals surface area contributed by atoms with Crippen LogP contribution in [-0.4, -0.2) is 75.8 Å². The lowest BCUT2D eigenvalue weighted by molar-refractivity contribution is -0.135. The van der Waals surface area contributed by atoms with Crippen LogP contribution in [0.2, 0.25) is 0 Å². The van der Waals surface area contributed by atoms with Crippen molar-refractivity contribution in [1.82, 2.24) is 43.7 Å². The van der Waals surface area contributed by atoms with E-state index in [1.807, 2.05) is 12.1 Å². The van der Waals surface area contributed by atoms with E-state index >= 15 is 0 Å². The molecule has 0 spiro atoms. The van der Waals surface area contributed by atoms with Crippen molar-refractivity contribution in [3.63, 3.8) is 0 Å². The van der Waals surface area contributed by atoms with Gasteiger partial charge in [0.2, 0.25) is 11.8 Å². The molecule has 8 rings (SSSR count). The standard InChI is InChI=1S/C36H40F2N10O4/c1-44-31-24(4-2-5-27(31)48(36(44)52)28-10-11-29(49)42-35(28)51)22-12-16-45(17-13-22)19-21-6-8-23(9-7-21)47-20-26(30(43-47)32(37)38)41-34(50)25-18-40-46-15-3-14-39-33(25)46/h2-5,14-15,18,20-23,28,32H,6-13,16-17,19H2,1H3,(H,41,50)(H,42,49,51). The van der Waals surface area contributed by atoms with Gasteiger partial charge >= 0.3 is 5.69 Å². The molecule has 1 aliphatic carbocycles. The second-order valence-corrected chi connectivity index (χ2v) is 14.3. The summed E-state index contributed by atoms with van der Waals surface area (Å²) in [4.78, 5) is 57.5. The fraction of sp³-hybridized carbons (Fsp3) is 0.472. The maximum Gasteiger partial charge on any atom is 0.329 e. The Morgan fingerprint density at radius 1 is 1.04 bits per heavy atom. The molecule has 2 N–H and O–H groups in total. The van der Waals surface area contributed by atoms with Gasteiger partial charge in [0.1, 0.15) is 11.6 Å². The van der Waals surface area contributed by atoms with E-state index in [0.717, 1.165) is 74.8 Å². The van der Waals surface area contributed by atoms with E-state index in [0.29, 0.717) is 18.0 Å². The molecule has 2 aliphatic heterocycles. The SMILES string of the molecule is Cn1c(=O)n(C2CCC(=O)NC2=O)c2cccc(C3CCN(CC4CCC(n5cc(NC(=O)c6cnn7cccnc67)c(C(F)F)n5)CC4)CC3)c21. The first-order valence-corrected chi connectivity index (χ1v) is 17.9. The van der Waals surface area contributed by atoms with Crippen molar-refractivity contribution in [2.24, 2.45) is 13.0 Å². The number of nitrogens with one attached hydrogen (secondary N) is 2. The van der Waals surface area contributed by atoms with Crippen LogP contribution in [0.5, 0.6) is 0 Å². The largest absolute Gasteiger partial charge is 0.329 e. The number of hydrogen-bond acceptors (Lipinski definition) is 8. The molecule has 272 valence electrons. The van der Waals surface area contributed by atoms with Gasteiger partial charge in [0, 0.05) is 38.6 Å². The molecule has 3 aliphatic rings. The van der Waals surface area contributed by atoms with Crippen LogP contribution < -0.4 is 16.3 Å². The predicted molar refractivity (Wildman–Crippen MR) is 186 cm³/mol. The number of alkyl halides is 2. The number of rotatable bonds is 8. The third-order valence-corrected chi connectivity index (χ3v) is 11.1. The molecule has 4 aromatic heterocycles. The predicted octanol–water partition coefficient (Wildman–Crippen LogP) is 4.36. The fourth-order valence-electron chi connectivity index (χ4n) is 8.44. The summed E-state index contributed by atoms with van der Waals surface area (Å²) >= 11 is 0. The van der Waals surface area contributed by atoms with E-state index in [1.165, 1.54) is 23.1 Å². The van der Waals surface area contributed by atoms with Gasteiger partial charge in [-0.1, -0.05) is 12.1 Å². The lowest BCUT2D eigenvalue weighted by Gasteiger charge is -2.37. The first kappa shape index (κ1) is 33.9. The summed E-state index contributed by atoms with van der Waals surface area (Å²) in [6, 6.07) is 6.84. The van der Waals surface area contributed by atoms with Gasteiger partial charge in [0.05, 0.1) is 29.0 Å². The zero-order valence-electron chi connectivity index (χ0n) is 28.8. The molecule has 3 fully saturated rings. The van der Waals surface area contributed by atoms with Gasteiger partial charge in [0.15, 0.2) is 11.3 Å². The van der Waals surface area contributed by atoms with Crippen LogP contribution in [0.4, 0.5) is 14.5 Å². The average Bonchev–Trinajstić information content (AvgIpc) is 3.84. The number of anilines is 1. The molecule has 6 heterocycles. The molecule has 16 heteroatoms. The van der Waals surface area contributed by atoms with Gasteiger partial charge in [-0.05, 0) is 87.6 Å². The van der Waals surface area contributed by atoms with E-state index in [4.69, 9.17) is 0 Å². The van der Waals surface area contributed by atoms with Crippen molar-refractivity contribution >= 4 is 40.1 Å². The number of likely N-dealkylation sites (tertiary alicyclic amines) is 1. The molecule has 1 atom stereocenters. The van der Waals surface area contributed by atoms with Gasteiger partial charge in [-0.15, -0.1) is 0 Å². The summed E-state index contributed by atoms with van der Waals surface area (Å²) in [7, 11) is 1.75. The zero-order chi connectivity index (χ0) is 36.1. The van der Waals surface area contributed by atoms with Crippen LogP contribution >= 0.6 is 0 Å². The highest BCUT2D eigenvalue weighted by Crippen LogP contribution is 2.38. The number of benzene rings is 1. The number of aryl methyl sites for hydroxylation is 1. The number of imidazole rings is 1. The van der Waals surface area contributed by atoms with Gasteiger partial charge in [-0.3, -0.25) is 33.5 Å². The quantitative estimate of drug-likeness (QED) is 0.225. The Hall–Kier alpha value is -5.25. The molecule has 1 saturated carbocycles. The highest BCUT2D eigenvalue weighted by atomic mass is 19.3. The normalized spacial score (nSPS) is 22.0. The van der Waals surface area contributed by atoms with Crippen molar-refractivity contribution in [2.75, 3.05) is 25.0 Å². The zero-order valence-corrected chi connectivity index (χ0v) is 28.8. The molecular weight excluding hydrogens is 674 g/mol. The Bertz CT molecular complexity index is 2220. The minimum atomic E-state index is -2.85. The Morgan fingerprint density at radius 2 is 1.83 bits per heavy atom. The summed E-state index contributed by atoms with van der Waals surface area (Å²) in [6.07, 6.45) is 9.10. The van der Waals surface area contributed by atoms with Gasteiger partial charge in [0.25, 0.3) is 12.3 Å². The number of carbonyl (C=O) groups excluding carboxylic acids is 3. The highest BCUT2D eigenvalue weighted by molar-refractivity contribution is 6.08. The number of piperidine rings is 2. The molecule has 1 aromatic carbocycles. The molecule has 3 amide bonds. The van der Waals surface area contributed by atoms with Crippen molar-refractivity contribution in [1.29, 1.82) is 0 Å². The molecule has 0 bridgehead atoms. The maximum absolute atomic E-state index is 14.0. The highest BCUT2D eigenvalue weighted by Gasteiger charge is 2.34. The third-order valence-electron chi connectivity index (χ3n) is 11.1. The van der Waals surface area contributed by atoms with Crippen molar-refractivity contribution < 1.29 is 23.2 Å². The minimum Gasteiger partial charge on any atom is -0.319 e. The van der Waals surface area contributed by atoms with E-state index in [1.54, 1.807) is 33.1 Å². The van der Waals surface area contributed by atoms with Crippen molar-refractivity contribution in [3.8, 4) is 0 Å². The van der Waals surface area contributed by atoms with Crippen molar-refractivity contribution in [3.05, 3.63) is 76.4 Å². The Kier molecular flexibility index (Phi) is 8.93. The number of amides is 3. The molecule has 2 saturated heterocycles. The van der Waals surface area contributed by atoms with Gasteiger partial charge < -0.3 is 10.2 Å². The average molecular weight is 715 g/mol. The van der Waals surface area contributed by atoms with E-state index < -0.39 is 30.0 Å². The maximum atomic E-state index is 14.0. The third kappa shape index (κ3) is 6.18. The summed E-state index contributed by atoms with van der Waals surface area (Å²) in [6.45, 7) is 2.81. The van der Waals surface area contributed by atoms with Crippen LogP contribution in [0.3, 0.4) is 0 Å². The first-order valence-electron chi connectivity index (χ1n) is 17.9. The topological polar surface area (TPSA) is 153 Å². The number of nitrogens with zero attached hydrogens (tertiary/aromatic N) is 8. The van der Waals surface area contributed by atoms with Crippen LogP contribution in [0.25, 0.3) is 16.7 Å². The minimum absolute atomic E-state index is 0.0106. The van der Waals surface area contributed by atoms with E-state index in [9.17, 15) is 28.0 Å². The number of fused-ring (bicyclic) bond motifs is 2. The number of hydrogen-bond donors (Lipinski definition) is 2. The molecule has 52 heavy (non-hydrogen) atoms. The summed E-state index contributed by atoms with van der Waals surface area (Å²) in [5.41, 5.74) is 2.47. The number of para-hydroxylation sites is 1. The second kappa shape index (κ2) is 13.7. The van der Waals surface area contributed by atoms with Gasteiger partial charge in [-0.2, -0.15) is 10.2 Å². The Balaban J connectivity index is 0.880. The summed E-state index contributed by atoms with van der Waals surface area (Å²) in [5.74, 6) is -0.581. The molecule has 5 aromatic rings. The van der Waals surface area contributed by atoms with Crippen LogP contribution in [0.15, 0.2) is 53.8 Å². The van der Waals surface area contributed by atoms with Crippen LogP contribution in [0.1, 0.15) is 97.4 Å². The van der Waals surface area contributed by atoms with Crippen LogP contribution in [0, 0.1) is 5.92 Å². The molecule has 1 unspecified atom stereocenters. The first-order chi connectivity index (χ1) is 25.2. The second-order valence-electron chi connectivity index (χ2n) is 14.3. The van der Waals surface area contributed by atoms with Gasteiger partial charge in [-0.25, -0.2) is 23.1 Å². The lowest BCUT2D eigenvalue weighted by atomic mass is 9.84. The number of aromatic nitrogens is 7. The Labute approximate surface area is 296 Å². The number of halogens is 2. The number of carbonyl (C=O) groups is 3.